The maximum atomic E-state index is 10.9. The number of nitrogens with one attached hydrogen (secondary N) is 1. The maximum Gasteiger partial charge on any atom is 0.102 e. The fourth-order valence-corrected chi connectivity index (χ4v) is 4.97. The molecule has 4 nitrogen and oxygen atoms in total. The molecule has 0 amide bonds. The zero-order chi connectivity index (χ0) is 23.0. The average Bonchev–Trinajstić information content (AvgIpc) is 2.87. The van der Waals surface area contributed by atoms with Crippen LogP contribution < -0.4 is 5.32 Å². The van der Waals surface area contributed by atoms with Crippen molar-refractivity contribution in [3.05, 3.63) is 108 Å². The van der Waals surface area contributed by atoms with Crippen molar-refractivity contribution < 1.29 is 10.2 Å². The fraction of sp³-hybridized carbons (Fsp3) is 0.379. The Morgan fingerprint density at radius 2 is 1.24 bits per heavy atom. The molecule has 2 heterocycles. The molecule has 174 valence electrons. The number of benzene rings is 3. The molecular weight excluding hydrogens is 408 g/mol. The van der Waals surface area contributed by atoms with Crippen LogP contribution in [0.4, 0.5) is 0 Å². The first-order valence-electron chi connectivity index (χ1n) is 12.1. The number of rotatable bonds is 4. The Kier molecular flexibility index (Phi) is 7.94. The van der Waals surface area contributed by atoms with Crippen LogP contribution in [0.1, 0.15) is 42.4 Å². The van der Waals surface area contributed by atoms with E-state index in [4.69, 9.17) is 0 Å². The lowest BCUT2D eigenvalue weighted by molar-refractivity contribution is -0.0381. The van der Waals surface area contributed by atoms with Gasteiger partial charge in [0.1, 0.15) is 11.2 Å². The van der Waals surface area contributed by atoms with E-state index in [1.165, 1.54) is 5.56 Å². The van der Waals surface area contributed by atoms with Crippen molar-refractivity contribution in [2.75, 3.05) is 26.2 Å². The smallest absolute Gasteiger partial charge is 0.102 e. The highest BCUT2D eigenvalue weighted by atomic mass is 16.3. The monoisotopic (exact) mass is 444 g/mol. The second-order valence-corrected chi connectivity index (χ2v) is 9.38. The van der Waals surface area contributed by atoms with Crippen LogP contribution in [0.3, 0.4) is 0 Å². The van der Waals surface area contributed by atoms with Crippen molar-refractivity contribution in [3.8, 4) is 0 Å². The molecule has 4 heteroatoms. The first-order chi connectivity index (χ1) is 16.1. The predicted octanol–water partition coefficient (Wildman–Crippen LogP) is 4.43. The molecular formula is C29H36N2O2. The van der Waals surface area contributed by atoms with E-state index in [-0.39, 0.29) is 0 Å². The lowest BCUT2D eigenvalue weighted by atomic mass is 9.85. The molecule has 0 bridgehead atoms. The number of hydrogen-bond acceptors (Lipinski definition) is 4. The van der Waals surface area contributed by atoms with Crippen molar-refractivity contribution in [2.45, 2.75) is 43.4 Å². The minimum absolute atomic E-state index is 0.639. The second-order valence-electron chi connectivity index (χ2n) is 9.38. The molecule has 2 aliphatic rings. The second kappa shape index (κ2) is 11.1. The molecule has 3 aromatic rings. The van der Waals surface area contributed by atoms with E-state index in [1.54, 1.807) is 0 Å². The van der Waals surface area contributed by atoms with Crippen LogP contribution in [0.2, 0.25) is 0 Å². The topological polar surface area (TPSA) is 55.7 Å². The van der Waals surface area contributed by atoms with Crippen molar-refractivity contribution in [2.24, 2.45) is 0 Å². The standard InChI is InChI=1S/C18H21NO.C11H15NO/c20-18(17-10-5-2-6-11-17)12-7-13-19(15-18)14-16-8-3-1-4-9-16;13-11(7-4-8-12-9-11)10-5-2-1-3-6-10/h1-6,8-11,20H,7,12-15H2;1-3,5-6,12-13H,4,7-9H2. The zero-order valence-electron chi connectivity index (χ0n) is 19.4. The Morgan fingerprint density at radius 3 is 1.82 bits per heavy atom. The van der Waals surface area contributed by atoms with Gasteiger partial charge in [-0.1, -0.05) is 91.0 Å². The number of likely N-dealkylation sites (tertiary alicyclic amines) is 1. The van der Waals surface area contributed by atoms with Crippen LogP contribution in [-0.2, 0) is 17.7 Å². The molecule has 0 aliphatic carbocycles. The van der Waals surface area contributed by atoms with Crippen LogP contribution in [0.15, 0.2) is 91.0 Å². The highest BCUT2D eigenvalue weighted by Crippen LogP contribution is 2.32. The van der Waals surface area contributed by atoms with E-state index in [1.807, 2.05) is 66.7 Å². The van der Waals surface area contributed by atoms with E-state index in [0.29, 0.717) is 13.1 Å². The maximum absolute atomic E-state index is 10.9. The van der Waals surface area contributed by atoms with E-state index in [2.05, 4.69) is 34.5 Å². The van der Waals surface area contributed by atoms with Crippen molar-refractivity contribution >= 4 is 0 Å². The molecule has 2 unspecified atom stereocenters. The Morgan fingerprint density at radius 1 is 0.697 bits per heavy atom. The van der Waals surface area contributed by atoms with Gasteiger partial charge in [0.05, 0.1) is 0 Å². The highest BCUT2D eigenvalue weighted by Gasteiger charge is 2.34. The summed E-state index contributed by atoms with van der Waals surface area (Å²) < 4.78 is 0. The van der Waals surface area contributed by atoms with Crippen LogP contribution in [0.25, 0.3) is 0 Å². The minimum Gasteiger partial charge on any atom is -0.384 e. The summed E-state index contributed by atoms with van der Waals surface area (Å²) in [6, 6.07) is 30.5. The van der Waals surface area contributed by atoms with Crippen molar-refractivity contribution in [3.63, 3.8) is 0 Å². The normalized spacial score (nSPS) is 25.6. The average molecular weight is 445 g/mol. The Hall–Kier alpha value is -2.50. The van der Waals surface area contributed by atoms with Gasteiger partial charge in [-0.15, -0.1) is 0 Å². The SMILES string of the molecule is OC1(c2ccccc2)CCCN(Cc2ccccc2)C1.OC1(c2ccccc2)CCCNC1. The molecule has 0 radical (unpaired) electrons. The third-order valence-corrected chi connectivity index (χ3v) is 6.78. The van der Waals surface area contributed by atoms with Crippen LogP contribution >= 0.6 is 0 Å². The molecule has 2 aliphatic heterocycles. The third-order valence-electron chi connectivity index (χ3n) is 6.78. The summed E-state index contributed by atoms with van der Waals surface area (Å²) in [4.78, 5) is 2.35. The minimum atomic E-state index is -0.700. The van der Waals surface area contributed by atoms with Gasteiger partial charge < -0.3 is 15.5 Å². The lowest BCUT2D eigenvalue weighted by Crippen LogP contribution is -2.45. The van der Waals surface area contributed by atoms with Crippen LogP contribution in [0.5, 0.6) is 0 Å². The first kappa shape index (κ1) is 23.7. The van der Waals surface area contributed by atoms with E-state index < -0.39 is 11.2 Å². The number of piperidine rings is 2. The summed E-state index contributed by atoms with van der Waals surface area (Å²) in [6.45, 7) is 4.39. The summed E-state index contributed by atoms with van der Waals surface area (Å²) in [7, 11) is 0. The Labute approximate surface area is 197 Å². The summed E-state index contributed by atoms with van der Waals surface area (Å²) in [5.41, 5.74) is 2.04. The number of nitrogens with zero attached hydrogens (tertiary/aromatic N) is 1. The van der Waals surface area contributed by atoms with Gasteiger partial charge >= 0.3 is 0 Å². The Balaban J connectivity index is 0.000000172. The highest BCUT2D eigenvalue weighted by molar-refractivity contribution is 5.24. The molecule has 33 heavy (non-hydrogen) atoms. The first-order valence-corrected chi connectivity index (χ1v) is 12.1. The molecule has 2 fully saturated rings. The molecule has 0 spiro atoms. The summed E-state index contributed by atoms with van der Waals surface area (Å²) in [6.07, 6.45) is 3.80. The van der Waals surface area contributed by atoms with Gasteiger partial charge in [0.2, 0.25) is 0 Å². The van der Waals surface area contributed by atoms with Gasteiger partial charge in [0.15, 0.2) is 0 Å². The van der Waals surface area contributed by atoms with Crippen LogP contribution in [0, 0.1) is 0 Å². The predicted molar refractivity (Wildman–Crippen MR) is 134 cm³/mol. The third kappa shape index (κ3) is 6.30. The molecule has 0 aromatic heterocycles. The van der Waals surface area contributed by atoms with E-state index >= 15 is 0 Å². The molecule has 3 aromatic carbocycles. The zero-order valence-corrected chi connectivity index (χ0v) is 19.4. The fourth-order valence-electron chi connectivity index (χ4n) is 4.97. The molecule has 3 N–H and O–H groups in total. The largest absolute Gasteiger partial charge is 0.384 e. The van der Waals surface area contributed by atoms with E-state index in [9.17, 15) is 10.2 Å². The molecule has 5 rings (SSSR count). The van der Waals surface area contributed by atoms with Crippen LogP contribution in [-0.4, -0.2) is 41.3 Å². The Bertz CT molecular complexity index is 959. The van der Waals surface area contributed by atoms with E-state index in [0.717, 1.165) is 56.4 Å². The molecule has 0 saturated carbocycles. The number of β-amino-alcohol motifs (C(OH)–C–C–N with tert-alkyl or cyclic N) is 2. The lowest BCUT2D eigenvalue weighted by Gasteiger charge is -2.39. The van der Waals surface area contributed by atoms with Crippen molar-refractivity contribution in [1.82, 2.24) is 10.2 Å². The van der Waals surface area contributed by atoms with Gasteiger partial charge in [-0.25, -0.2) is 0 Å². The number of hydrogen-bond donors (Lipinski definition) is 3. The summed E-state index contributed by atoms with van der Waals surface area (Å²) in [5, 5.41) is 24.5. The summed E-state index contributed by atoms with van der Waals surface area (Å²) in [5.74, 6) is 0. The van der Waals surface area contributed by atoms with Gasteiger partial charge in [-0.3, -0.25) is 4.90 Å². The van der Waals surface area contributed by atoms with Crippen molar-refractivity contribution in [1.29, 1.82) is 0 Å². The molecule has 2 atom stereocenters. The quantitative estimate of drug-likeness (QED) is 0.557. The van der Waals surface area contributed by atoms with Gasteiger partial charge in [-0.2, -0.15) is 0 Å². The summed E-state index contributed by atoms with van der Waals surface area (Å²) >= 11 is 0. The number of aliphatic hydroxyl groups is 2. The molecule has 2 saturated heterocycles. The van der Waals surface area contributed by atoms with Gasteiger partial charge in [0.25, 0.3) is 0 Å². The van der Waals surface area contributed by atoms with Gasteiger partial charge in [-0.05, 0) is 55.5 Å². The van der Waals surface area contributed by atoms with Gasteiger partial charge in [0, 0.05) is 19.6 Å².